The Morgan fingerprint density at radius 1 is 0.373 bits per heavy atom. The number of fused-ring (bicyclic) bond motifs is 15. The molecule has 3 heterocycles. The fraction of sp³-hybridized carbons (Fsp3) is 0.0182. The molecule has 13 rings (SSSR count). The van der Waals surface area contributed by atoms with Crippen LogP contribution in [-0.4, -0.2) is 0 Å². The van der Waals surface area contributed by atoms with Gasteiger partial charge in [0.2, 0.25) is 0 Å². The molecule has 0 saturated carbocycles. The van der Waals surface area contributed by atoms with E-state index in [1.54, 1.807) is 0 Å². The maximum absolute atomic E-state index is 6.65. The highest BCUT2D eigenvalue weighted by molar-refractivity contribution is 7.99. The molecule has 0 bridgehead atoms. The van der Waals surface area contributed by atoms with Crippen molar-refractivity contribution < 1.29 is 8.83 Å². The molecule has 0 fully saturated rings. The van der Waals surface area contributed by atoms with Gasteiger partial charge in [0, 0.05) is 43.4 Å². The van der Waals surface area contributed by atoms with E-state index in [0.29, 0.717) is 0 Å². The van der Waals surface area contributed by atoms with Crippen LogP contribution in [0.1, 0.15) is 22.3 Å². The molecule has 3 nitrogen and oxygen atoms in total. The normalized spacial score (nSPS) is 13.5. The fourth-order valence-corrected chi connectivity index (χ4v) is 11.2. The monoisotopic (exact) mass is 771 g/mol. The topological polar surface area (TPSA) is 29.5 Å². The van der Waals surface area contributed by atoms with Crippen molar-refractivity contribution in [2.45, 2.75) is 15.2 Å². The van der Waals surface area contributed by atoms with Crippen LogP contribution in [0.25, 0.3) is 66.1 Å². The molecule has 9 aromatic carbocycles. The van der Waals surface area contributed by atoms with Crippen molar-refractivity contribution in [1.29, 1.82) is 0 Å². The summed E-state index contributed by atoms with van der Waals surface area (Å²) in [6, 6.07) is 72.6. The highest BCUT2D eigenvalue weighted by Gasteiger charge is 2.50. The number of benzene rings is 9. The highest BCUT2D eigenvalue weighted by atomic mass is 32.2. The number of nitrogens with zero attached hydrogens (tertiary/aromatic N) is 1. The van der Waals surface area contributed by atoms with Crippen molar-refractivity contribution in [3.8, 4) is 22.3 Å². The summed E-state index contributed by atoms with van der Waals surface area (Å²) in [6.45, 7) is 0. The number of hydrogen-bond donors (Lipinski definition) is 0. The van der Waals surface area contributed by atoms with Gasteiger partial charge in [-0.15, -0.1) is 0 Å². The summed E-state index contributed by atoms with van der Waals surface area (Å²) in [7, 11) is 0. The van der Waals surface area contributed by atoms with Crippen molar-refractivity contribution in [2.24, 2.45) is 0 Å². The molecule has 59 heavy (non-hydrogen) atoms. The molecular formula is C55H33NO2S. The maximum Gasteiger partial charge on any atom is 0.137 e. The minimum absolute atomic E-state index is 0.506. The van der Waals surface area contributed by atoms with Gasteiger partial charge in [0.15, 0.2) is 0 Å². The Morgan fingerprint density at radius 3 is 1.85 bits per heavy atom. The average molecular weight is 772 g/mol. The van der Waals surface area contributed by atoms with E-state index in [1.807, 2.05) is 23.9 Å². The van der Waals surface area contributed by atoms with Crippen molar-refractivity contribution in [3.05, 3.63) is 222 Å². The molecule has 2 aliphatic rings. The predicted molar refractivity (Wildman–Crippen MR) is 243 cm³/mol. The van der Waals surface area contributed by atoms with Crippen LogP contribution in [0.15, 0.2) is 219 Å². The highest BCUT2D eigenvalue weighted by Crippen LogP contribution is 2.63. The van der Waals surface area contributed by atoms with Crippen LogP contribution in [0.5, 0.6) is 0 Å². The Morgan fingerprint density at radius 2 is 1.00 bits per heavy atom. The molecule has 1 aliphatic heterocycles. The van der Waals surface area contributed by atoms with E-state index in [0.717, 1.165) is 66.5 Å². The van der Waals surface area contributed by atoms with Crippen molar-refractivity contribution >= 4 is 72.7 Å². The second kappa shape index (κ2) is 12.4. The van der Waals surface area contributed by atoms with E-state index in [9.17, 15) is 0 Å². The summed E-state index contributed by atoms with van der Waals surface area (Å²) in [4.78, 5) is 4.95. The van der Waals surface area contributed by atoms with Crippen molar-refractivity contribution in [2.75, 3.05) is 4.90 Å². The molecule has 1 aliphatic carbocycles. The summed E-state index contributed by atoms with van der Waals surface area (Å²) in [6.07, 6.45) is 0. The quantitative estimate of drug-likeness (QED) is 0.178. The van der Waals surface area contributed by atoms with Gasteiger partial charge >= 0.3 is 0 Å². The van der Waals surface area contributed by atoms with Gasteiger partial charge in [-0.25, -0.2) is 0 Å². The first-order chi connectivity index (χ1) is 29.2. The second-order valence-electron chi connectivity index (χ2n) is 15.6. The van der Waals surface area contributed by atoms with E-state index in [2.05, 4.69) is 193 Å². The number of hydrogen-bond acceptors (Lipinski definition) is 4. The molecule has 0 saturated heterocycles. The van der Waals surface area contributed by atoms with Gasteiger partial charge in [0.1, 0.15) is 22.3 Å². The van der Waals surface area contributed by atoms with Gasteiger partial charge in [0.05, 0.1) is 16.5 Å². The first-order valence-electron chi connectivity index (χ1n) is 20.1. The largest absolute Gasteiger partial charge is 0.456 e. The Labute approximate surface area is 344 Å². The SMILES string of the molecule is c1ccc(-c2ccc3oc4cccc(N(c5ccc6c(c5)C5(c7ccccc7S6)c6ccccc6-c6ccccc65)c5ccc6c(c5)oc5ccccc56)c4c3c2)cc1. The van der Waals surface area contributed by atoms with Crippen LogP contribution in [0.4, 0.5) is 17.1 Å². The van der Waals surface area contributed by atoms with Gasteiger partial charge in [-0.3, -0.25) is 0 Å². The zero-order chi connectivity index (χ0) is 38.7. The van der Waals surface area contributed by atoms with Crippen molar-refractivity contribution in [3.63, 3.8) is 0 Å². The number of furan rings is 2. The average Bonchev–Trinajstić information content (AvgIpc) is 3.96. The van der Waals surface area contributed by atoms with E-state index < -0.39 is 5.41 Å². The number of para-hydroxylation sites is 1. The number of rotatable bonds is 4. The minimum atomic E-state index is -0.506. The van der Waals surface area contributed by atoms with Crippen molar-refractivity contribution in [1.82, 2.24) is 0 Å². The van der Waals surface area contributed by atoms with Crippen LogP contribution >= 0.6 is 11.8 Å². The lowest BCUT2D eigenvalue weighted by atomic mass is 9.67. The lowest BCUT2D eigenvalue weighted by Gasteiger charge is -2.40. The van der Waals surface area contributed by atoms with E-state index >= 15 is 0 Å². The van der Waals surface area contributed by atoms with Crippen LogP contribution in [-0.2, 0) is 5.41 Å². The van der Waals surface area contributed by atoms with Crippen LogP contribution in [0, 0.1) is 0 Å². The standard InChI is InChI=1S/C55H33NO2S/c1-2-13-34(14-3-1)35-25-29-49-42(31-35)54-47(21-12-23-50(54)57-49)56(37-26-28-41-40-17-6-10-22-48(40)58-51(41)33-37)36-27-30-53-46(32-36)55(45-20-9-11-24-52(45)59-53)43-18-7-4-15-38(43)39-16-5-8-19-44(39)55/h1-33H. The molecule has 4 heteroatoms. The zero-order valence-electron chi connectivity index (χ0n) is 31.7. The van der Waals surface area contributed by atoms with Gasteiger partial charge in [-0.1, -0.05) is 139 Å². The minimum Gasteiger partial charge on any atom is -0.456 e. The summed E-state index contributed by atoms with van der Waals surface area (Å²) in [5.74, 6) is 0. The lowest BCUT2D eigenvalue weighted by Crippen LogP contribution is -2.32. The molecule has 0 amide bonds. The summed E-state index contributed by atoms with van der Waals surface area (Å²) >= 11 is 1.87. The smallest absolute Gasteiger partial charge is 0.137 e. The summed E-state index contributed by atoms with van der Waals surface area (Å²) < 4.78 is 13.2. The Kier molecular flexibility index (Phi) is 6.87. The van der Waals surface area contributed by atoms with E-state index in [1.165, 1.54) is 48.7 Å². The Bertz CT molecular complexity index is 3460. The molecular weight excluding hydrogens is 739 g/mol. The first kappa shape index (κ1) is 32.8. The molecule has 11 aromatic rings. The molecule has 0 atom stereocenters. The van der Waals surface area contributed by atoms with E-state index in [-0.39, 0.29) is 0 Å². The molecule has 0 radical (unpaired) electrons. The maximum atomic E-state index is 6.65. The molecule has 0 unspecified atom stereocenters. The summed E-state index contributed by atoms with van der Waals surface area (Å²) in [5, 5.41) is 4.35. The van der Waals surface area contributed by atoms with Gasteiger partial charge < -0.3 is 13.7 Å². The second-order valence-corrected chi connectivity index (χ2v) is 16.6. The lowest BCUT2D eigenvalue weighted by molar-refractivity contribution is 0.669. The molecule has 276 valence electrons. The number of anilines is 3. The molecule has 2 aromatic heterocycles. The fourth-order valence-electron chi connectivity index (χ4n) is 10.1. The molecule has 0 N–H and O–H groups in total. The van der Waals surface area contributed by atoms with Gasteiger partial charge in [0.25, 0.3) is 0 Å². The van der Waals surface area contributed by atoms with Crippen LogP contribution < -0.4 is 4.90 Å². The summed E-state index contributed by atoms with van der Waals surface area (Å²) in [5.41, 5.74) is 16.1. The van der Waals surface area contributed by atoms with Gasteiger partial charge in [-0.05, 0) is 111 Å². The zero-order valence-corrected chi connectivity index (χ0v) is 32.5. The predicted octanol–water partition coefficient (Wildman–Crippen LogP) is 15.4. The third-order valence-electron chi connectivity index (χ3n) is 12.5. The Balaban J connectivity index is 1.11. The van der Waals surface area contributed by atoms with Crippen LogP contribution in [0.2, 0.25) is 0 Å². The van der Waals surface area contributed by atoms with Gasteiger partial charge in [-0.2, -0.15) is 0 Å². The Hall–Kier alpha value is -7.27. The third-order valence-corrected chi connectivity index (χ3v) is 13.7. The molecule has 1 spiro atoms. The first-order valence-corrected chi connectivity index (χ1v) is 20.9. The third kappa shape index (κ3) is 4.61. The van der Waals surface area contributed by atoms with E-state index in [4.69, 9.17) is 8.83 Å². The van der Waals surface area contributed by atoms with Crippen LogP contribution in [0.3, 0.4) is 0 Å².